The van der Waals surface area contributed by atoms with Gasteiger partial charge >= 0.3 is 0 Å². The molecule has 2 aromatic heterocycles. The van der Waals surface area contributed by atoms with E-state index in [4.69, 9.17) is 0 Å². The van der Waals surface area contributed by atoms with Crippen molar-refractivity contribution in [1.82, 2.24) is 14.8 Å². The Morgan fingerprint density at radius 1 is 1.56 bits per heavy atom. The van der Waals surface area contributed by atoms with E-state index in [0.717, 1.165) is 0 Å². The van der Waals surface area contributed by atoms with Gasteiger partial charge in [0.25, 0.3) is 5.56 Å². The number of hydrogen-bond acceptors (Lipinski definition) is 3. The zero-order valence-electron chi connectivity index (χ0n) is 8.80. The first-order chi connectivity index (χ1) is 7.74. The van der Waals surface area contributed by atoms with Gasteiger partial charge in [0, 0.05) is 30.7 Å². The molecule has 0 aromatic carbocycles. The second-order valence-corrected chi connectivity index (χ2v) is 3.31. The molecule has 2 aromatic rings. The predicted octanol–water partition coefficient (Wildman–Crippen LogP) is 0.822. The maximum atomic E-state index is 11.9. The van der Waals surface area contributed by atoms with Crippen LogP contribution in [0.2, 0.25) is 0 Å². The summed E-state index contributed by atoms with van der Waals surface area (Å²) in [5.74, 6) is -0.304. The molecular formula is C11H11N3O2. The topological polar surface area (TPSA) is 67.8 Å². The molecule has 0 unspecified atom stereocenters. The van der Waals surface area contributed by atoms with Crippen LogP contribution in [0.25, 0.3) is 0 Å². The molecule has 0 radical (unpaired) electrons. The summed E-state index contributed by atoms with van der Waals surface area (Å²) in [4.78, 5) is 27.5. The molecule has 0 bridgehead atoms. The summed E-state index contributed by atoms with van der Waals surface area (Å²) in [6.45, 7) is 2.34. The Morgan fingerprint density at radius 3 is 2.94 bits per heavy atom. The minimum Gasteiger partial charge on any atom is -0.302 e. The molecule has 0 spiro atoms. The van der Waals surface area contributed by atoms with Gasteiger partial charge in [-0.15, -0.1) is 0 Å². The highest BCUT2D eigenvalue weighted by Crippen LogP contribution is 2.03. The number of rotatable bonds is 3. The van der Waals surface area contributed by atoms with E-state index in [1.165, 1.54) is 17.1 Å². The Hall–Kier alpha value is -2.17. The van der Waals surface area contributed by atoms with Gasteiger partial charge in [-0.25, -0.2) is 0 Å². The summed E-state index contributed by atoms with van der Waals surface area (Å²) < 4.78 is 1.38. The van der Waals surface area contributed by atoms with Crippen LogP contribution in [0.3, 0.4) is 0 Å². The zero-order valence-corrected chi connectivity index (χ0v) is 8.80. The van der Waals surface area contributed by atoms with Gasteiger partial charge in [-0.3, -0.25) is 19.3 Å². The molecule has 0 fully saturated rings. The smallest absolute Gasteiger partial charge is 0.277 e. The lowest BCUT2D eigenvalue weighted by Gasteiger charge is -1.95. The minimum atomic E-state index is -0.304. The number of aryl methyl sites for hydroxylation is 1. The standard InChI is InChI=1S/C11H11N3O2/c1-2-14-11(16)9(7-13-14)10(15)8-4-3-5-12-6-8/h3-7,13H,2H2,1H3. The summed E-state index contributed by atoms with van der Waals surface area (Å²) in [5.41, 5.74) is 0.271. The third-order valence-corrected chi connectivity index (χ3v) is 2.32. The second-order valence-electron chi connectivity index (χ2n) is 3.31. The molecule has 5 nitrogen and oxygen atoms in total. The molecule has 5 heteroatoms. The van der Waals surface area contributed by atoms with E-state index < -0.39 is 0 Å². The van der Waals surface area contributed by atoms with Crippen LogP contribution < -0.4 is 5.56 Å². The Balaban J connectivity index is 2.43. The minimum absolute atomic E-state index is 0.148. The molecule has 0 aliphatic carbocycles. The lowest BCUT2D eigenvalue weighted by molar-refractivity contribution is 0.103. The lowest BCUT2D eigenvalue weighted by Crippen LogP contribution is -2.21. The third kappa shape index (κ3) is 1.67. The van der Waals surface area contributed by atoms with Crippen LogP contribution in [0.15, 0.2) is 35.5 Å². The van der Waals surface area contributed by atoms with Crippen molar-refractivity contribution in [3.63, 3.8) is 0 Å². The first-order valence-corrected chi connectivity index (χ1v) is 4.97. The van der Waals surface area contributed by atoms with Crippen molar-refractivity contribution in [2.75, 3.05) is 0 Å². The van der Waals surface area contributed by atoms with E-state index in [1.807, 2.05) is 6.92 Å². The van der Waals surface area contributed by atoms with Crippen molar-refractivity contribution in [2.24, 2.45) is 0 Å². The highest BCUT2D eigenvalue weighted by atomic mass is 16.2. The fourth-order valence-corrected chi connectivity index (χ4v) is 1.46. The second kappa shape index (κ2) is 4.14. The largest absolute Gasteiger partial charge is 0.302 e. The Morgan fingerprint density at radius 2 is 2.38 bits per heavy atom. The predicted molar refractivity (Wildman–Crippen MR) is 58.4 cm³/mol. The number of nitrogens with zero attached hydrogens (tertiary/aromatic N) is 2. The number of nitrogens with one attached hydrogen (secondary N) is 1. The number of carbonyl (C=O) groups excluding carboxylic acids is 1. The Kier molecular flexibility index (Phi) is 2.68. The number of hydrogen-bond donors (Lipinski definition) is 1. The van der Waals surface area contributed by atoms with Crippen LogP contribution in [-0.4, -0.2) is 20.5 Å². The van der Waals surface area contributed by atoms with Crippen molar-refractivity contribution < 1.29 is 4.79 Å². The van der Waals surface area contributed by atoms with Gasteiger partial charge in [0.1, 0.15) is 5.56 Å². The molecule has 2 rings (SSSR count). The first kappa shape index (κ1) is 10.4. The molecule has 0 saturated heterocycles. The molecular weight excluding hydrogens is 206 g/mol. The maximum absolute atomic E-state index is 11.9. The molecule has 0 aliphatic heterocycles. The summed E-state index contributed by atoms with van der Waals surface area (Å²) in [7, 11) is 0. The average Bonchev–Trinajstić information content (AvgIpc) is 2.70. The van der Waals surface area contributed by atoms with E-state index in [9.17, 15) is 9.59 Å². The lowest BCUT2D eigenvalue weighted by atomic mass is 10.1. The van der Waals surface area contributed by atoms with E-state index in [-0.39, 0.29) is 16.9 Å². The molecule has 0 aliphatic rings. The molecule has 2 heterocycles. The van der Waals surface area contributed by atoms with Crippen molar-refractivity contribution in [3.8, 4) is 0 Å². The number of pyridine rings is 1. The van der Waals surface area contributed by atoms with Crippen molar-refractivity contribution in [1.29, 1.82) is 0 Å². The highest BCUT2D eigenvalue weighted by molar-refractivity contribution is 6.08. The molecule has 1 N–H and O–H groups in total. The SMILES string of the molecule is CCn1[nH]cc(C(=O)c2cccnc2)c1=O. The number of aromatic amines is 1. The Labute approximate surface area is 91.7 Å². The van der Waals surface area contributed by atoms with Crippen LogP contribution in [0.4, 0.5) is 0 Å². The van der Waals surface area contributed by atoms with Crippen LogP contribution in [0.5, 0.6) is 0 Å². The fraction of sp³-hybridized carbons (Fsp3) is 0.182. The summed E-state index contributed by atoms with van der Waals surface area (Å²) in [6, 6.07) is 3.30. The molecule has 16 heavy (non-hydrogen) atoms. The normalized spacial score (nSPS) is 10.3. The van der Waals surface area contributed by atoms with E-state index in [1.54, 1.807) is 18.3 Å². The van der Waals surface area contributed by atoms with E-state index in [2.05, 4.69) is 10.1 Å². The van der Waals surface area contributed by atoms with Gasteiger partial charge in [-0.05, 0) is 19.1 Å². The molecule has 0 amide bonds. The van der Waals surface area contributed by atoms with E-state index in [0.29, 0.717) is 12.1 Å². The quantitative estimate of drug-likeness (QED) is 0.774. The van der Waals surface area contributed by atoms with Gasteiger partial charge in [-0.2, -0.15) is 0 Å². The van der Waals surface area contributed by atoms with Gasteiger partial charge in [0.15, 0.2) is 0 Å². The van der Waals surface area contributed by atoms with Gasteiger partial charge < -0.3 is 5.10 Å². The molecule has 0 saturated carbocycles. The molecule has 0 atom stereocenters. The van der Waals surface area contributed by atoms with Gasteiger partial charge in [0.05, 0.1) is 0 Å². The van der Waals surface area contributed by atoms with E-state index >= 15 is 0 Å². The molecule has 82 valence electrons. The number of ketones is 1. The number of aromatic nitrogens is 3. The number of carbonyl (C=O) groups is 1. The van der Waals surface area contributed by atoms with Crippen molar-refractivity contribution >= 4 is 5.78 Å². The summed E-state index contributed by atoms with van der Waals surface area (Å²) in [6.07, 6.45) is 4.46. The fourth-order valence-electron chi connectivity index (χ4n) is 1.46. The monoisotopic (exact) mass is 217 g/mol. The summed E-state index contributed by atoms with van der Waals surface area (Å²) in [5, 5.41) is 2.74. The zero-order chi connectivity index (χ0) is 11.5. The van der Waals surface area contributed by atoms with Crippen LogP contribution in [0.1, 0.15) is 22.8 Å². The average molecular weight is 217 g/mol. The highest BCUT2D eigenvalue weighted by Gasteiger charge is 2.15. The summed E-state index contributed by atoms with van der Waals surface area (Å²) >= 11 is 0. The van der Waals surface area contributed by atoms with Crippen molar-refractivity contribution in [2.45, 2.75) is 13.5 Å². The van der Waals surface area contributed by atoms with Gasteiger partial charge in [0.2, 0.25) is 5.78 Å². The van der Waals surface area contributed by atoms with Gasteiger partial charge in [-0.1, -0.05) is 0 Å². The van der Waals surface area contributed by atoms with Crippen molar-refractivity contribution in [3.05, 3.63) is 52.2 Å². The Bertz CT molecular complexity index is 554. The van der Waals surface area contributed by atoms with Crippen LogP contribution in [-0.2, 0) is 6.54 Å². The third-order valence-electron chi connectivity index (χ3n) is 2.32. The number of H-pyrrole nitrogens is 1. The first-order valence-electron chi connectivity index (χ1n) is 4.97. The maximum Gasteiger partial charge on any atom is 0.277 e. The van der Waals surface area contributed by atoms with Crippen LogP contribution >= 0.6 is 0 Å². The van der Waals surface area contributed by atoms with Crippen LogP contribution in [0, 0.1) is 0 Å².